The van der Waals surface area contributed by atoms with E-state index in [1.165, 1.54) is 18.5 Å². The maximum atomic E-state index is 15.7. The van der Waals surface area contributed by atoms with E-state index in [0.717, 1.165) is 36.9 Å². The third kappa shape index (κ3) is 5.81. The normalized spacial score (nSPS) is 18.5. The molecule has 9 nitrogen and oxygen atoms in total. The first-order chi connectivity index (χ1) is 20.0. The summed E-state index contributed by atoms with van der Waals surface area (Å²) in [5, 5.41) is 12.9. The molecule has 3 N–H and O–H groups in total. The van der Waals surface area contributed by atoms with E-state index in [1.54, 1.807) is 13.0 Å². The van der Waals surface area contributed by atoms with Gasteiger partial charge in [0.05, 0.1) is 17.0 Å². The van der Waals surface area contributed by atoms with Gasteiger partial charge in [0.1, 0.15) is 23.6 Å². The molecule has 1 atom stereocenters. The van der Waals surface area contributed by atoms with Crippen LogP contribution in [0.2, 0.25) is 0 Å². The predicted molar refractivity (Wildman–Crippen MR) is 153 cm³/mol. The van der Waals surface area contributed by atoms with Gasteiger partial charge in [-0.1, -0.05) is 18.2 Å². The third-order valence-electron chi connectivity index (χ3n) is 8.86. The molecule has 12 heteroatoms. The number of hydrogen-bond acceptors (Lipinski definition) is 6. The molecule has 2 aliphatic rings. The highest BCUT2D eigenvalue weighted by atomic mass is 19.3. The molecular weight excluding hydrogens is 549 g/mol. The number of halogens is 3. The van der Waals surface area contributed by atoms with Crippen LogP contribution in [0.4, 0.5) is 23.8 Å². The number of nitrogens with zero attached hydrogens (tertiary/aromatic N) is 4. The van der Waals surface area contributed by atoms with Crippen LogP contribution in [-0.2, 0) is 5.92 Å². The number of alkyl halides is 2. The summed E-state index contributed by atoms with van der Waals surface area (Å²) in [5.74, 6) is -5.20. The average Bonchev–Trinajstić information content (AvgIpc) is 2.97. The monoisotopic (exact) mass is 586 g/mol. The average molecular weight is 587 g/mol. The minimum Gasteiger partial charge on any atom is -0.465 e. The van der Waals surface area contributed by atoms with Crippen LogP contribution in [-0.4, -0.2) is 68.2 Å². The fourth-order valence-corrected chi connectivity index (χ4v) is 6.26. The van der Waals surface area contributed by atoms with Crippen LogP contribution in [0.3, 0.4) is 0 Å². The Kier molecular flexibility index (Phi) is 8.45. The number of piperidine rings is 2. The van der Waals surface area contributed by atoms with Crippen LogP contribution in [0.5, 0.6) is 0 Å². The Morgan fingerprint density at radius 2 is 1.79 bits per heavy atom. The maximum absolute atomic E-state index is 15.7. The van der Waals surface area contributed by atoms with Gasteiger partial charge >= 0.3 is 6.09 Å². The number of benzene rings is 1. The minimum atomic E-state index is -3.47. The lowest BCUT2D eigenvalue weighted by atomic mass is 9.85. The van der Waals surface area contributed by atoms with Crippen molar-refractivity contribution in [2.75, 3.05) is 31.5 Å². The van der Waals surface area contributed by atoms with E-state index in [4.69, 9.17) is 5.11 Å². The van der Waals surface area contributed by atoms with Crippen molar-refractivity contribution >= 4 is 22.9 Å². The largest absolute Gasteiger partial charge is 0.465 e. The van der Waals surface area contributed by atoms with Crippen molar-refractivity contribution in [1.29, 1.82) is 0 Å². The molecule has 1 aromatic carbocycles. The first-order valence-corrected chi connectivity index (χ1v) is 14.5. The number of H-pyrrole nitrogens is 1. The number of hydrogen-bond donors (Lipinski definition) is 3. The lowest BCUT2D eigenvalue weighted by Crippen LogP contribution is -2.42. The number of rotatable bonds is 7. The topological polar surface area (TPSA) is 114 Å². The third-order valence-corrected chi connectivity index (χ3v) is 8.86. The Labute approximate surface area is 242 Å². The first kappa shape index (κ1) is 29.8. The Hall–Kier alpha value is -3.67. The van der Waals surface area contributed by atoms with Gasteiger partial charge in [-0.2, -0.15) is 0 Å². The van der Waals surface area contributed by atoms with Crippen LogP contribution < -0.4 is 10.9 Å². The van der Waals surface area contributed by atoms with E-state index >= 15 is 13.2 Å². The molecule has 2 aromatic heterocycles. The summed E-state index contributed by atoms with van der Waals surface area (Å²) in [4.78, 5) is 39.0. The number of likely N-dealkylation sites (tertiary alicyclic amines) is 2. The lowest BCUT2D eigenvalue weighted by molar-refractivity contribution is -0.0861. The molecule has 2 fully saturated rings. The molecule has 5 rings (SSSR count). The Balaban J connectivity index is 1.39. The number of nitrogens with one attached hydrogen (secondary N) is 2. The van der Waals surface area contributed by atoms with Crippen molar-refractivity contribution in [1.82, 2.24) is 24.8 Å². The van der Waals surface area contributed by atoms with Crippen molar-refractivity contribution in [2.45, 2.75) is 70.4 Å². The van der Waals surface area contributed by atoms with Gasteiger partial charge in [-0.3, -0.25) is 4.79 Å². The summed E-state index contributed by atoms with van der Waals surface area (Å²) in [5.41, 5.74) is 0.139. The highest BCUT2D eigenvalue weighted by Gasteiger charge is 2.45. The zero-order chi connectivity index (χ0) is 30.2. The summed E-state index contributed by atoms with van der Waals surface area (Å²) in [7, 11) is 0. The van der Waals surface area contributed by atoms with Gasteiger partial charge in [0, 0.05) is 36.2 Å². The maximum Gasteiger partial charge on any atom is 0.407 e. The van der Waals surface area contributed by atoms with Crippen LogP contribution in [0.1, 0.15) is 75.1 Å². The number of aromatic amines is 1. The summed E-state index contributed by atoms with van der Waals surface area (Å²) in [6.07, 6.45) is 1.73. The molecular formula is C30H37F3N6O3. The highest BCUT2D eigenvalue weighted by molar-refractivity contribution is 5.86. The summed E-state index contributed by atoms with van der Waals surface area (Å²) >= 11 is 0. The van der Waals surface area contributed by atoms with Gasteiger partial charge in [0.25, 0.3) is 11.5 Å². The highest BCUT2D eigenvalue weighted by Crippen LogP contribution is 2.43. The molecule has 0 radical (unpaired) electrons. The van der Waals surface area contributed by atoms with Crippen LogP contribution >= 0.6 is 0 Å². The van der Waals surface area contributed by atoms with Gasteiger partial charge in [-0.05, 0) is 71.5 Å². The molecule has 0 saturated carbocycles. The molecule has 4 heterocycles. The Morgan fingerprint density at radius 1 is 1.10 bits per heavy atom. The van der Waals surface area contributed by atoms with E-state index in [-0.39, 0.29) is 43.0 Å². The standard InChI is InChI=1S/C30H37F3N6O3/c1-17(2)38-11-7-19(8-12-38)22-15-23-26(34-16-35-27(23)37-28(22)40)36-18(3)21-5-4-6-24(25(21)31)30(32,33)20-9-13-39(14-10-20)29(41)42/h4-6,15-20H,7-14H2,1-3H3,(H,41,42)(H2,34,35,36,37,40). The molecule has 1 amide bonds. The summed E-state index contributed by atoms with van der Waals surface area (Å²) < 4.78 is 46.8. The van der Waals surface area contributed by atoms with E-state index in [2.05, 4.69) is 39.0 Å². The molecule has 1 unspecified atom stereocenters. The Morgan fingerprint density at radius 3 is 2.43 bits per heavy atom. The summed E-state index contributed by atoms with van der Waals surface area (Å²) in [6.45, 7) is 7.73. The van der Waals surface area contributed by atoms with E-state index in [0.29, 0.717) is 28.5 Å². The number of aromatic nitrogens is 3. The zero-order valence-corrected chi connectivity index (χ0v) is 24.0. The number of fused-ring (bicyclic) bond motifs is 1. The molecule has 3 aromatic rings. The molecule has 2 aliphatic heterocycles. The second-order valence-corrected chi connectivity index (χ2v) is 11.7. The van der Waals surface area contributed by atoms with E-state index in [9.17, 15) is 9.59 Å². The van der Waals surface area contributed by atoms with Crippen molar-refractivity contribution in [3.05, 3.63) is 63.5 Å². The van der Waals surface area contributed by atoms with E-state index in [1.807, 2.05) is 0 Å². The van der Waals surface area contributed by atoms with Gasteiger partial charge in [0.15, 0.2) is 0 Å². The minimum absolute atomic E-state index is 0.0173. The van der Waals surface area contributed by atoms with Crippen molar-refractivity contribution < 1.29 is 23.1 Å². The number of amides is 1. The molecule has 42 heavy (non-hydrogen) atoms. The van der Waals surface area contributed by atoms with E-state index < -0.39 is 35.4 Å². The number of anilines is 1. The van der Waals surface area contributed by atoms with Crippen LogP contribution in [0.25, 0.3) is 11.0 Å². The van der Waals surface area contributed by atoms with Crippen LogP contribution in [0, 0.1) is 11.7 Å². The zero-order valence-electron chi connectivity index (χ0n) is 24.0. The second kappa shape index (κ2) is 11.9. The van der Waals surface area contributed by atoms with Crippen molar-refractivity contribution in [3.63, 3.8) is 0 Å². The predicted octanol–water partition coefficient (Wildman–Crippen LogP) is 5.70. The van der Waals surface area contributed by atoms with Gasteiger partial charge < -0.3 is 25.2 Å². The number of carboxylic acid groups (broad SMARTS) is 1. The number of carbonyl (C=O) groups is 1. The number of pyridine rings is 1. The second-order valence-electron chi connectivity index (χ2n) is 11.7. The molecule has 226 valence electrons. The Bertz CT molecular complexity index is 1500. The molecule has 2 saturated heterocycles. The van der Waals surface area contributed by atoms with Gasteiger partial charge in [0.2, 0.25) is 0 Å². The van der Waals surface area contributed by atoms with Crippen LogP contribution in [0.15, 0.2) is 35.4 Å². The lowest BCUT2D eigenvalue weighted by Gasteiger charge is -2.35. The quantitative estimate of drug-likeness (QED) is 0.325. The molecule has 0 aliphatic carbocycles. The van der Waals surface area contributed by atoms with Gasteiger partial charge in [-0.15, -0.1) is 0 Å². The van der Waals surface area contributed by atoms with Crippen molar-refractivity contribution in [3.8, 4) is 0 Å². The fraction of sp³-hybridized carbons (Fsp3) is 0.533. The summed E-state index contributed by atoms with van der Waals surface area (Å²) in [6, 6.07) is 5.45. The smallest absolute Gasteiger partial charge is 0.407 e. The fourth-order valence-electron chi connectivity index (χ4n) is 6.26. The first-order valence-electron chi connectivity index (χ1n) is 14.5. The van der Waals surface area contributed by atoms with Crippen molar-refractivity contribution in [2.24, 2.45) is 5.92 Å². The van der Waals surface area contributed by atoms with Gasteiger partial charge in [-0.25, -0.2) is 27.9 Å². The molecule has 0 spiro atoms. The SMILES string of the molecule is CC(Nc1ncnc2[nH]c(=O)c(C3CCN(C(C)C)CC3)cc12)c1cccc(C(F)(F)C2CCN(C(=O)O)CC2)c1F. The molecule has 0 bridgehead atoms.